The van der Waals surface area contributed by atoms with Crippen LogP contribution in [-0.4, -0.2) is 21.7 Å². The summed E-state index contributed by atoms with van der Waals surface area (Å²) in [6.07, 6.45) is 3.68. The van der Waals surface area contributed by atoms with E-state index in [2.05, 4.69) is 39.6 Å². The molecule has 1 atom stereocenters. The molecule has 94 valence electrons. The topological polar surface area (TPSA) is 50.7 Å². The molecule has 1 unspecified atom stereocenters. The Morgan fingerprint density at radius 1 is 1.28 bits per heavy atom. The Morgan fingerprint density at radius 2 is 2.11 bits per heavy atom. The summed E-state index contributed by atoms with van der Waals surface area (Å²) in [6.45, 7) is 6.94. The van der Waals surface area contributed by atoms with Gasteiger partial charge in [-0.1, -0.05) is 13.0 Å². The van der Waals surface area contributed by atoms with Crippen molar-refractivity contribution < 1.29 is 0 Å². The SMILES string of the molecule is CCNC(c1cccnc1)c1cc(C)nnc1C. The van der Waals surface area contributed by atoms with Gasteiger partial charge in [0, 0.05) is 12.4 Å². The van der Waals surface area contributed by atoms with Crippen LogP contribution in [0.25, 0.3) is 0 Å². The van der Waals surface area contributed by atoms with E-state index in [1.807, 2.05) is 26.1 Å². The normalized spacial score (nSPS) is 12.4. The van der Waals surface area contributed by atoms with Gasteiger partial charge in [0.1, 0.15) is 0 Å². The summed E-state index contributed by atoms with van der Waals surface area (Å²) in [6, 6.07) is 6.24. The highest BCUT2D eigenvalue weighted by atomic mass is 15.1. The van der Waals surface area contributed by atoms with Gasteiger partial charge in [0.25, 0.3) is 0 Å². The molecule has 4 nitrogen and oxygen atoms in total. The maximum Gasteiger partial charge on any atom is 0.0651 e. The summed E-state index contributed by atoms with van der Waals surface area (Å²) < 4.78 is 0. The molecule has 0 spiro atoms. The Balaban J connectivity index is 2.44. The molecule has 2 aromatic heterocycles. The van der Waals surface area contributed by atoms with Crippen LogP contribution in [0.5, 0.6) is 0 Å². The van der Waals surface area contributed by atoms with Gasteiger partial charge in [-0.05, 0) is 43.7 Å². The van der Waals surface area contributed by atoms with E-state index in [-0.39, 0.29) is 6.04 Å². The number of aromatic nitrogens is 3. The second kappa shape index (κ2) is 5.69. The highest BCUT2D eigenvalue weighted by Crippen LogP contribution is 2.23. The summed E-state index contributed by atoms with van der Waals surface area (Å²) in [7, 11) is 0. The second-order valence-corrected chi connectivity index (χ2v) is 4.30. The molecule has 0 aromatic carbocycles. The fourth-order valence-corrected chi connectivity index (χ4v) is 2.02. The first-order chi connectivity index (χ1) is 8.72. The van der Waals surface area contributed by atoms with Gasteiger partial charge in [-0.15, -0.1) is 0 Å². The van der Waals surface area contributed by atoms with Crippen LogP contribution >= 0.6 is 0 Å². The minimum atomic E-state index is 0.123. The van der Waals surface area contributed by atoms with Crippen LogP contribution in [0.15, 0.2) is 30.6 Å². The molecule has 0 radical (unpaired) electrons. The van der Waals surface area contributed by atoms with Gasteiger partial charge in [0.2, 0.25) is 0 Å². The number of hydrogen-bond acceptors (Lipinski definition) is 4. The second-order valence-electron chi connectivity index (χ2n) is 4.30. The van der Waals surface area contributed by atoms with E-state index in [1.54, 1.807) is 6.20 Å². The Bertz CT molecular complexity index is 510. The molecule has 2 rings (SSSR count). The summed E-state index contributed by atoms with van der Waals surface area (Å²) in [5.41, 5.74) is 4.20. The Hall–Kier alpha value is -1.81. The molecule has 2 heterocycles. The van der Waals surface area contributed by atoms with E-state index >= 15 is 0 Å². The van der Waals surface area contributed by atoms with E-state index in [9.17, 15) is 0 Å². The Morgan fingerprint density at radius 3 is 2.78 bits per heavy atom. The van der Waals surface area contributed by atoms with E-state index in [0.29, 0.717) is 0 Å². The fraction of sp³-hybridized carbons (Fsp3) is 0.357. The lowest BCUT2D eigenvalue weighted by Gasteiger charge is -2.20. The molecule has 0 aliphatic heterocycles. The molecular formula is C14H18N4. The van der Waals surface area contributed by atoms with Crippen molar-refractivity contribution in [2.24, 2.45) is 0 Å². The standard InChI is InChI=1S/C14H18N4/c1-4-16-14(12-6-5-7-15-9-12)13-8-10(2)17-18-11(13)3/h5-9,14,16H,4H2,1-3H3. The quantitative estimate of drug-likeness (QED) is 0.893. The van der Waals surface area contributed by atoms with Crippen LogP contribution in [-0.2, 0) is 0 Å². The monoisotopic (exact) mass is 242 g/mol. The molecule has 0 saturated carbocycles. The van der Waals surface area contributed by atoms with Crippen LogP contribution in [0.3, 0.4) is 0 Å². The van der Waals surface area contributed by atoms with Gasteiger partial charge < -0.3 is 5.32 Å². The highest BCUT2D eigenvalue weighted by Gasteiger charge is 2.16. The fourth-order valence-electron chi connectivity index (χ4n) is 2.02. The molecule has 0 bridgehead atoms. The average molecular weight is 242 g/mol. The number of nitrogens with one attached hydrogen (secondary N) is 1. The number of hydrogen-bond donors (Lipinski definition) is 1. The average Bonchev–Trinajstić information content (AvgIpc) is 2.40. The first-order valence-electron chi connectivity index (χ1n) is 6.16. The van der Waals surface area contributed by atoms with Crippen molar-refractivity contribution in [1.29, 1.82) is 0 Å². The van der Waals surface area contributed by atoms with Crippen LogP contribution < -0.4 is 5.32 Å². The Kier molecular flexibility index (Phi) is 3.99. The molecule has 0 amide bonds. The molecule has 0 aliphatic rings. The van der Waals surface area contributed by atoms with E-state index in [0.717, 1.165) is 29.1 Å². The van der Waals surface area contributed by atoms with E-state index < -0.39 is 0 Å². The van der Waals surface area contributed by atoms with Gasteiger partial charge in [0.15, 0.2) is 0 Å². The van der Waals surface area contributed by atoms with Crippen molar-refractivity contribution in [3.8, 4) is 0 Å². The number of aryl methyl sites for hydroxylation is 2. The van der Waals surface area contributed by atoms with Gasteiger partial charge in [-0.2, -0.15) is 10.2 Å². The van der Waals surface area contributed by atoms with E-state index in [1.165, 1.54) is 0 Å². The number of pyridine rings is 1. The van der Waals surface area contributed by atoms with Crippen molar-refractivity contribution in [2.75, 3.05) is 6.54 Å². The molecule has 0 aliphatic carbocycles. The van der Waals surface area contributed by atoms with Crippen LogP contribution in [0.2, 0.25) is 0 Å². The molecule has 0 saturated heterocycles. The van der Waals surface area contributed by atoms with Gasteiger partial charge in [0.05, 0.1) is 17.4 Å². The van der Waals surface area contributed by atoms with Crippen molar-refractivity contribution >= 4 is 0 Å². The van der Waals surface area contributed by atoms with Crippen LogP contribution in [0.1, 0.15) is 35.5 Å². The summed E-state index contributed by atoms with van der Waals surface area (Å²) in [4.78, 5) is 4.19. The van der Waals surface area contributed by atoms with Gasteiger partial charge in [-0.3, -0.25) is 4.98 Å². The summed E-state index contributed by atoms with van der Waals surface area (Å²) in [5.74, 6) is 0. The molecular weight excluding hydrogens is 224 g/mol. The Labute approximate surface area is 107 Å². The zero-order valence-corrected chi connectivity index (χ0v) is 11.0. The molecule has 4 heteroatoms. The summed E-state index contributed by atoms with van der Waals surface area (Å²) >= 11 is 0. The van der Waals surface area contributed by atoms with Crippen molar-refractivity contribution in [1.82, 2.24) is 20.5 Å². The zero-order valence-electron chi connectivity index (χ0n) is 11.0. The lowest BCUT2D eigenvalue weighted by Crippen LogP contribution is -2.23. The molecule has 18 heavy (non-hydrogen) atoms. The van der Waals surface area contributed by atoms with Crippen LogP contribution in [0, 0.1) is 13.8 Å². The number of rotatable bonds is 4. The van der Waals surface area contributed by atoms with Gasteiger partial charge in [-0.25, -0.2) is 0 Å². The lowest BCUT2D eigenvalue weighted by atomic mass is 9.99. The highest BCUT2D eigenvalue weighted by molar-refractivity contribution is 5.32. The predicted molar refractivity (Wildman–Crippen MR) is 71.3 cm³/mol. The smallest absolute Gasteiger partial charge is 0.0651 e. The minimum Gasteiger partial charge on any atom is -0.306 e. The predicted octanol–water partition coefficient (Wildman–Crippen LogP) is 2.19. The summed E-state index contributed by atoms with van der Waals surface area (Å²) in [5, 5.41) is 11.8. The van der Waals surface area contributed by atoms with Gasteiger partial charge >= 0.3 is 0 Å². The largest absolute Gasteiger partial charge is 0.306 e. The zero-order chi connectivity index (χ0) is 13.0. The first-order valence-corrected chi connectivity index (χ1v) is 6.16. The maximum atomic E-state index is 4.20. The maximum absolute atomic E-state index is 4.20. The number of nitrogens with zero attached hydrogens (tertiary/aromatic N) is 3. The third-order valence-corrected chi connectivity index (χ3v) is 2.88. The molecule has 1 N–H and O–H groups in total. The lowest BCUT2D eigenvalue weighted by molar-refractivity contribution is 0.618. The van der Waals surface area contributed by atoms with Crippen molar-refractivity contribution in [3.63, 3.8) is 0 Å². The van der Waals surface area contributed by atoms with Crippen molar-refractivity contribution in [2.45, 2.75) is 26.8 Å². The first kappa shape index (κ1) is 12.6. The molecule has 2 aromatic rings. The van der Waals surface area contributed by atoms with Crippen molar-refractivity contribution in [3.05, 3.63) is 53.1 Å². The third-order valence-electron chi connectivity index (χ3n) is 2.88. The van der Waals surface area contributed by atoms with Crippen LogP contribution in [0.4, 0.5) is 0 Å². The minimum absolute atomic E-state index is 0.123. The molecule has 0 fully saturated rings. The van der Waals surface area contributed by atoms with E-state index in [4.69, 9.17) is 0 Å². The third kappa shape index (κ3) is 2.71.